The van der Waals surface area contributed by atoms with Gasteiger partial charge in [-0.3, -0.25) is 4.79 Å². The Morgan fingerprint density at radius 2 is 1.55 bits per heavy atom. The van der Waals surface area contributed by atoms with Gasteiger partial charge in [0.05, 0.1) is 0 Å². The highest BCUT2D eigenvalue weighted by Gasteiger charge is 2.05. The Bertz CT molecular complexity index is 591. The molecule has 4 heteroatoms. The summed E-state index contributed by atoms with van der Waals surface area (Å²) in [5, 5.41) is 2.93. The molecule has 1 amide bonds. The van der Waals surface area contributed by atoms with Crippen molar-refractivity contribution < 1.29 is 4.79 Å². The zero-order valence-corrected chi connectivity index (χ0v) is 13.8. The third-order valence-corrected chi connectivity index (χ3v) is 3.55. The van der Waals surface area contributed by atoms with E-state index in [-0.39, 0.29) is 18.3 Å². The summed E-state index contributed by atoms with van der Waals surface area (Å²) in [5.41, 5.74) is 9.64. The van der Waals surface area contributed by atoms with Crippen molar-refractivity contribution in [1.82, 2.24) is 5.32 Å². The Hall–Kier alpha value is -1.84. The SMILES string of the molecule is CC(C)c1ccc(CNC(=O)c2ccc(CN)cc2)cc1.Cl. The standard InChI is InChI=1S/C18H22N2O.ClH/c1-13(2)16-7-5-15(6-8-16)12-20-18(21)17-9-3-14(11-19)4-10-17;/h3-10,13H,11-12,19H2,1-2H3,(H,20,21);1H. The van der Waals surface area contributed by atoms with Gasteiger partial charge >= 0.3 is 0 Å². The van der Waals surface area contributed by atoms with Gasteiger partial charge in [0.25, 0.3) is 5.91 Å². The minimum atomic E-state index is -0.0634. The molecule has 0 bridgehead atoms. The van der Waals surface area contributed by atoms with Crippen molar-refractivity contribution in [2.24, 2.45) is 5.73 Å². The van der Waals surface area contributed by atoms with Gasteiger partial charge in [-0.2, -0.15) is 0 Å². The fourth-order valence-electron chi connectivity index (χ4n) is 2.10. The van der Waals surface area contributed by atoms with Gasteiger partial charge in [0.15, 0.2) is 0 Å². The van der Waals surface area contributed by atoms with Gasteiger partial charge in [-0.1, -0.05) is 50.2 Å². The molecule has 2 aromatic carbocycles. The summed E-state index contributed by atoms with van der Waals surface area (Å²) in [6, 6.07) is 15.7. The lowest BCUT2D eigenvalue weighted by Crippen LogP contribution is -2.22. The molecule has 0 saturated heterocycles. The van der Waals surface area contributed by atoms with E-state index >= 15 is 0 Å². The summed E-state index contributed by atoms with van der Waals surface area (Å²) >= 11 is 0. The van der Waals surface area contributed by atoms with Crippen LogP contribution in [0.4, 0.5) is 0 Å². The molecule has 0 atom stereocenters. The molecule has 0 aliphatic rings. The van der Waals surface area contributed by atoms with E-state index in [2.05, 4.69) is 43.4 Å². The predicted molar refractivity (Wildman–Crippen MR) is 93.3 cm³/mol. The van der Waals surface area contributed by atoms with Crippen LogP contribution in [0.25, 0.3) is 0 Å². The van der Waals surface area contributed by atoms with Crippen molar-refractivity contribution in [3.63, 3.8) is 0 Å². The molecule has 0 heterocycles. The number of carbonyl (C=O) groups excluding carboxylic acids is 1. The van der Waals surface area contributed by atoms with Crippen molar-refractivity contribution in [3.05, 3.63) is 70.8 Å². The van der Waals surface area contributed by atoms with Crippen molar-refractivity contribution in [2.45, 2.75) is 32.9 Å². The van der Waals surface area contributed by atoms with Crippen LogP contribution in [-0.2, 0) is 13.1 Å². The van der Waals surface area contributed by atoms with Crippen LogP contribution in [-0.4, -0.2) is 5.91 Å². The minimum Gasteiger partial charge on any atom is -0.348 e. The summed E-state index contributed by atoms with van der Waals surface area (Å²) in [6.07, 6.45) is 0. The van der Waals surface area contributed by atoms with Crippen molar-refractivity contribution >= 4 is 18.3 Å². The molecule has 0 fully saturated rings. The van der Waals surface area contributed by atoms with E-state index in [9.17, 15) is 4.79 Å². The van der Waals surface area contributed by atoms with E-state index in [0.717, 1.165) is 11.1 Å². The number of carbonyl (C=O) groups is 1. The van der Waals surface area contributed by atoms with Gasteiger partial charge in [0, 0.05) is 18.7 Å². The molecule has 2 aromatic rings. The molecule has 0 spiro atoms. The Labute approximate surface area is 138 Å². The second-order valence-electron chi connectivity index (χ2n) is 5.48. The lowest BCUT2D eigenvalue weighted by molar-refractivity contribution is 0.0951. The monoisotopic (exact) mass is 318 g/mol. The Kier molecular flexibility index (Phi) is 7.09. The van der Waals surface area contributed by atoms with Gasteiger partial charge in [-0.25, -0.2) is 0 Å². The van der Waals surface area contributed by atoms with Crippen LogP contribution < -0.4 is 11.1 Å². The Morgan fingerprint density at radius 3 is 2.05 bits per heavy atom. The predicted octanol–water partition coefficient (Wildman–Crippen LogP) is 3.62. The molecule has 0 aromatic heterocycles. The molecule has 0 unspecified atom stereocenters. The van der Waals surface area contributed by atoms with Crippen molar-refractivity contribution in [3.8, 4) is 0 Å². The summed E-state index contributed by atoms with van der Waals surface area (Å²) < 4.78 is 0. The first-order valence-electron chi connectivity index (χ1n) is 7.26. The fourth-order valence-corrected chi connectivity index (χ4v) is 2.10. The number of hydrogen-bond acceptors (Lipinski definition) is 2. The molecule has 0 aliphatic carbocycles. The van der Waals surface area contributed by atoms with Crippen molar-refractivity contribution in [1.29, 1.82) is 0 Å². The zero-order chi connectivity index (χ0) is 15.2. The molecule has 2 rings (SSSR count). The molecule has 3 N–H and O–H groups in total. The van der Waals surface area contributed by atoms with Gasteiger partial charge in [-0.05, 0) is 34.7 Å². The second kappa shape index (κ2) is 8.57. The number of nitrogens with one attached hydrogen (secondary N) is 1. The summed E-state index contributed by atoms with van der Waals surface area (Å²) in [6.45, 7) is 5.36. The quantitative estimate of drug-likeness (QED) is 0.884. The zero-order valence-electron chi connectivity index (χ0n) is 13.0. The minimum absolute atomic E-state index is 0. The first kappa shape index (κ1) is 18.2. The average molecular weight is 319 g/mol. The van der Waals surface area contributed by atoms with Crippen LogP contribution in [0.3, 0.4) is 0 Å². The van der Waals surface area contributed by atoms with Gasteiger partial charge in [-0.15, -0.1) is 12.4 Å². The van der Waals surface area contributed by atoms with Crippen LogP contribution >= 0.6 is 12.4 Å². The smallest absolute Gasteiger partial charge is 0.251 e. The molecular formula is C18H23ClN2O. The number of benzene rings is 2. The highest BCUT2D eigenvalue weighted by Crippen LogP contribution is 2.14. The van der Waals surface area contributed by atoms with Crippen LogP contribution in [0.5, 0.6) is 0 Å². The van der Waals surface area contributed by atoms with E-state index in [1.807, 2.05) is 12.1 Å². The first-order valence-corrected chi connectivity index (χ1v) is 7.26. The largest absolute Gasteiger partial charge is 0.348 e. The van der Waals surface area contributed by atoms with E-state index in [1.54, 1.807) is 12.1 Å². The Balaban J connectivity index is 0.00000242. The highest BCUT2D eigenvalue weighted by molar-refractivity contribution is 5.94. The summed E-state index contributed by atoms with van der Waals surface area (Å²) in [7, 11) is 0. The fraction of sp³-hybridized carbons (Fsp3) is 0.278. The van der Waals surface area contributed by atoms with Gasteiger partial charge < -0.3 is 11.1 Å². The number of amides is 1. The third-order valence-electron chi connectivity index (χ3n) is 3.55. The lowest BCUT2D eigenvalue weighted by Gasteiger charge is -2.08. The summed E-state index contributed by atoms with van der Waals surface area (Å²) in [5.74, 6) is 0.459. The van der Waals surface area contributed by atoms with Crippen LogP contribution in [0, 0.1) is 0 Å². The second-order valence-corrected chi connectivity index (χ2v) is 5.48. The molecule has 0 saturated carbocycles. The molecule has 0 radical (unpaired) electrons. The molecule has 0 aliphatic heterocycles. The van der Waals surface area contributed by atoms with E-state index in [1.165, 1.54) is 5.56 Å². The van der Waals surface area contributed by atoms with E-state index in [4.69, 9.17) is 5.73 Å². The summed E-state index contributed by atoms with van der Waals surface area (Å²) in [4.78, 5) is 12.1. The average Bonchev–Trinajstić information content (AvgIpc) is 2.53. The van der Waals surface area contributed by atoms with Crippen LogP contribution in [0.15, 0.2) is 48.5 Å². The van der Waals surface area contributed by atoms with E-state index < -0.39 is 0 Å². The molecule has 3 nitrogen and oxygen atoms in total. The third kappa shape index (κ3) is 4.86. The number of nitrogens with two attached hydrogens (primary N) is 1. The first-order chi connectivity index (χ1) is 10.1. The Morgan fingerprint density at radius 1 is 1.00 bits per heavy atom. The highest BCUT2D eigenvalue weighted by atomic mass is 35.5. The molecular weight excluding hydrogens is 296 g/mol. The number of rotatable bonds is 5. The van der Waals surface area contributed by atoms with Crippen LogP contribution in [0.2, 0.25) is 0 Å². The van der Waals surface area contributed by atoms with Gasteiger partial charge in [0.1, 0.15) is 0 Å². The number of halogens is 1. The maximum absolute atomic E-state index is 12.1. The van der Waals surface area contributed by atoms with Gasteiger partial charge in [0.2, 0.25) is 0 Å². The maximum atomic E-state index is 12.1. The van der Waals surface area contributed by atoms with Crippen LogP contribution in [0.1, 0.15) is 46.8 Å². The maximum Gasteiger partial charge on any atom is 0.251 e. The van der Waals surface area contributed by atoms with E-state index in [0.29, 0.717) is 24.6 Å². The normalized spacial score (nSPS) is 10.2. The number of hydrogen-bond donors (Lipinski definition) is 2. The molecule has 118 valence electrons. The van der Waals surface area contributed by atoms with Crippen molar-refractivity contribution in [2.75, 3.05) is 0 Å². The lowest BCUT2D eigenvalue weighted by atomic mass is 10.0. The molecule has 22 heavy (non-hydrogen) atoms. The topological polar surface area (TPSA) is 55.1 Å².